The molecule has 60 valence electrons. The van der Waals surface area contributed by atoms with Gasteiger partial charge in [0.2, 0.25) is 5.96 Å². The Balaban J connectivity index is 2.02. The Labute approximate surface area is 70.8 Å². The van der Waals surface area contributed by atoms with Gasteiger partial charge in [-0.1, -0.05) is 0 Å². The van der Waals surface area contributed by atoms with Crippen LogP contribution in [-0.2, 0) is 0 Å². The van der Waals surface area contributed by atoms with Gasteiger partial charge in [-0.15, -0.1) is 0 Å². The van der Waals surface area contributed by atoms with Crippen LogP contribution in [0, 0.1) is 0 Å². The molecule has 2 aliphatic heterocycles. The van der Waals surface area contributed by atoms with Gasteiger partial charge in [0.25, 0.3) is 0 Å². The molecule has 12 heavy (non-hydrogen) atoms. The van der Waals surface area contributed by atoms with Crippen LogP contribution < -0.4 is 0 Å². The third kappa shape index (κ3) is 0.763. The van der Waals surface area contributed by atoms with E-state index in [2.05, 4.69) is 22.3 Å². The van der Waals surface area contributed by atoms with Crippen molar-refractivity contribution in [1.82, 2.24) is 4.90 Å². The van der Waals surface area contributed by atoms with Crippen molar-refractivity contribution in [1.29, 1.82) is 0 Å². The average Bonchev–Trinajstić information content (AvgIpc) is 2.85. The molecule has 0 atom stereocenters. The van der Waals surface area contributed by atoms with Gasteiger partial charge >= 0.3 is 0 Å². The number of allylic oxidation sites excluding steroid dienone is 1. The lowest BCUT2D eigenvalue weighted by Gasteiger charge is -2.22. The number of guanidine groups is 1. The van der Waals surface area contributed by atoms with Gasteiger partial charge in [0.05, 0.1) is 5.54 Å². The molecule has 1 aliphatic carbocycles. The molecular weight excluding hydrogens is 150 g/mol. The van der Waals surface area contributed by atoms with E-state index in [-0.39, 0.29) is 5.54 Å². The molecule has 0 aromatic carbocycles. The van der Waals surface area contributed by atoms with Crippen LogP contribution in [0.1, 0.15) is 12.8 Å². The summed E-state index contributed by atoms with van der Waals surface area (Å²) in [6.07, 6.45) is 12.3. The van der Waals surface area contributed by atoms with Crippen LogP contribution in [0.5, 0.6) is 0 Å². The Kier molecular flexibility index (Phi) is 0.955. The molecule has 0 radical (unpaired) electrons. The van der Waals surface area contributed by atoms with Gasteiger partial charge in [-0.05, 0) is 25.0 Å². The summed E-state index contributed by atoms with van der Waals surface area (Å²) in [4.78, 5) is 10.7. The van der Waals surface area contributed by atoms with E-state index >= 15 is 0 Å². The van der Waals surface area contributed by atoms with Gasteiger partial charge in [0, 0.05) is 18.6 Å². The highest BCUT2D eigenvalue weighted by molar-refractivity contribution is 5.95. The fraction of sp³-hybridized carbons (Fsp3) is 0.333. The summed E-state index contributed by atoms with van der Waals surface area (Å²) in [5.41, 5.74) is 0.133. The number of aliphatic imine (C=N–C) groups is 2. The molecule has 0 saturated heterocycles. The minimum atomic E-state index is 0.133. The summed E-state index contributed by atoms with van der Waals surface area (Å²) >= 11 is 0. The Morgan fingerprint density at radius 2 is 2.25 bits per heavy atom. The molecular formula is C9H9N3. The molecule has 0 N–H and O–H groups in total. The van der Waals surface area contributed by atoms with E-state index < -0.39 is 0 Å². The van der Waals surface area contributed by atoms with E-state index in [4.69, 9.17) is 0 Å². The molecule has 1 spiro atoms. The summed E-state index contributed by atoms with van der Waals surface area (Å²) < 4.78 is 0. The van der Waals surface area contributed by atoms with Crippen LogP contribution in [0.3, 0.4) is 0 Å². The summed E-state index contributed by atoms with van der Waals surface area (Å²) in [5.74, 6) is 0.831. The predicted molar refractivity (Wildman–Crippen MR) is 48.0 cm³/mol. The zero-order valence-electron chi connectivity index (χ0n) is 6.64. The quantitative estimate of drug-likeness (QED) is 0.523. The lowest BCUT2D eigenvalue weighted by atomic mass is 10.2. The van der Waals surface area contributed by atoms with Gasteiger partial charge in [-0.2, -0.15) is 0 Å². The third-order valence-corrected chi connectivity index (χ3v) is 2.38. The maximum Gasteiger partial charge on any atom is 0.229 e. The molecule has 0 unspecified atom stereocenters. The van der Waals surface area contributed by atoms with Gasteiger partial charge in [0.1, 0.15) is 0 Å². The highest BCUT2D eigenvalue weighted by Crippen LogP contribution is 2.43. The van der Waals surface area contributed by atoms with E-state index in [1.807, 2.05) is 17.2 Å². The zero-order valence-corrected chi connectivity index (χ0v) is 6.64. The molecule has 0 aromatic heterocycles. The minimum absolute atomic E-state index is 0.133. The molecule has 3 nitrogen and oxygen atoms in total. The smallest absolute Gasteiger partial charge is 0.229 e. The number of hydrogen-bond acceptors (Lipinski definition) is 3. The fourth-order valence-electron chi connectivity index (χ4n) is 1.44. The maximum absolute atomic E-state index is 4.55. The van der Waals surface area contributed by atoms with E-state index in [0.717, 1.165) is 5.96 Å². The number of rotatable bonds is 0. The Morgan fingerprint density at radius 1 is 1.33 bits per heavy atom. The Bertz CT molecular complexity index is 332. The van der Waals surface area contributed by atoms with Crippen molar-refractivity contribution in [2.45, 2.75) is 18.4 Å². The normalized spacial score (nSPS) is 27.3. The first-order chi connectivity index (χ1) is 5.88. The van der Waals surface area contributed by atoms with Crippen LogP contribution in [0.2, 0.25) is 0 Å². The molecule has 3 rings (SSSR count). The van der Waals surface area contributed by atoms with E-state index in [1.165, 1.54) is 12.8 Å². The summed E-state index contributed by atoms with van der Waals surface area (Å²) in [5, 5.41) is 0. The third-order valence-electron chi connectivity index (χ3n) is 2.38. The summed E-state index contributed by atoms with van der Waals surface area (Å²) in [6, 6.07) is 0. The molecule has 1 fully saturated rings. The first-order valence-electron chi connectivity index (χ1n) is 4.16. The lowest BCUT2D eigenvalue weighted by Crippen LogP contribution is -2.27. The van der Waals surface area contributed by atoms with Crippen LogP contribution >= 0.6 is 0 Å². The highest BCUT2D eigenvalue weighted by atomic mass is 15.3. The monoisotopic (exact) mass is 159 g/mol. The highest BCUT2D eigenvalue weighted by Gasteiger charge is 2.42. The topological polar surface area (TPSA) is 28.0 Å². The van der Waals surface area contributed by atoms with Crippen LogP contribution in [0.4, 0.5) is 0 Å². The minimum Gasteiger partial charge on any atom is -0.293 e. The van der Waals surface area contributed by atoms with Gasteiger partial charge in [-0.25, -0.2) is 9.98 Å². The largest absolute Gasteiger partial charge is 0.293 e. The number of hydrogen-bond donors (Lipinski definition) is 0. The van der Waals surface area contributed by atoms with E-state index in [9.17, 15) is 0 Å². The van der Waals surface area contributed by atoms with Crippen molar-refractivity contribution in [3.63, 3.8) is 0 Å². The van der Waals surface area contributed by atoms with Crippen molar-refractivity contribution in [2.24, 2.45) is 9.98 Å². The zero-order chi connectivity index (χ0) is 8.02. The molecule has 2 heterocycles. The van der Waals surface area contributed by atoms with Gasteiger partial charge < -0.3 is 0 Å². The van der Waals surface area contributed by atoms with Gasteiger partial charge in [0.15, 0.2) is 0 Å². The molecule has 0 amide bonds. The SMILES string of the molecule is C1=CN2C=CC3(CC3)N=C2N=C1. The van der Waals surface area contributed by atoms with Crippen LogP contribution in [0.15, 0.2) is 34.5 Å². The second-order valence-electron chi connectivity index (χ2n) is 3.36. The van der Waals surface area contributed by atoms with Crippen molar-refractivity contribution < 1.29 is 0 Å². The van der Waals surface area contributed by atoms with Crippen LogP contribution in [-0.4, -0.2) is 22.6 Å². The lowest BCUT2D eigenvalue weighted by molar-refractivity contribution is 0.670. The number of nitrogens with zero attached hydrogens (tertiary/aromatic N) is 3. The first kappa shape index (κ1) is 6.17. The van der Waals surface area contributed by atoms with E-state index in [1.54, 1.807) is 6.21 Å². The molecule has 3 aliphatic rings. The maximum atomic E-state index is 4.55. The molecule has 0 bridgehead atoms. The standard InChI is InChI=1S/C9H9N3/c1-5-10-8-11-9(2-3-9)4-7-12(8)6-1/h1,4-7H,2-3H2. The fourth-order valence-corrected chi connectivity index (χ4v) is 1.44. The van der Waals surface area contributed by atoms with Crippen molar-refractivity contribution >= 4 is 12.2 Å². The Hall–Kier alpha value is -1.38. The van der Waals surface area contributed by atoms with Crippen molar-refractivity contribution in [2.75, 3.05) is 0 Å². The molecule has 1 saturated carbocycles. The van der Waals surface area contributed by atoms with E-state index in [0.29, 0.717) is 0 Å². The second-order valence-corrected chi connectivity index (χ2v) is 3.36. The van der Waals surface area contributed by atoms with Crippen molar-refractivity contribution in [3.05, 3.63) is 24.6 Å². The summed E-state index contributed by atoms with van der Waals surface area (Å²) in [6.45, 7) is 0. The summed E-state index contributed by atoms with van der Waals surface area (Å²) in [7, 11) is 0. The first-order valence-corrected chi connectivity index (χ1v) is 4.16. The van der Waals surface area contributed by atoms with Crippen molar-refractivity contribution in [3.8, 4) is 0 Å². The molecule has 0 aromatic rings. The predicted octanol–water partition coefficient (Wildman–Crippen LogP) is 1.30. The average molecular weight is 159 g/mol. The number of fused-ring (bicyclic) bond motifs is 1. The van der Waals surface area contributed by atoms with Gasteiger partial charge in [-0.3, -0.25) is 4.90 Å². The Morgan fingerprint density at radius 3 is 3.08 bits per heavy atom. The second kappa shape index (κ2) is 1.86. The molecule has 3 heteroatoms. The van der Waals surface area contributed by atoms with Crippen LogP contribution in [0.25, 0.3) is 0 Å².